The number of esters is 3. The van der Waals surface area contributed by atoms with Gasteiger partial charge in [0, 0.05) is 35.6 Å². The van der Waals surface area contributed by atoms with Crippen LogP contribution in [0.3, 0.4) is 0 Å². The average molecular weight is 618 g/mol. The van der Waals surface area contributed by atoms with Gasteiger partial charge in [-0.15, -0.1) is 0 Å². The number of nitrogens with zero attached hydrogens (tertiary/aromatic N) is 1. The van der Waals surface area contributed by atoms with E-state index in [9.17, 15) is 34.4 Å². The maximum atomic E-state index is 12.3. The van der Waals surface area contributed by atoms with Gasteiger partial charge in [0.1, 0.15) is 17.1 Å². The van der Waals surface area contributed by atoms with Crippen molar-refractivity contribution in [1.29, 1.82) is 0 Å². The first kappa shape index (κ1) is 33.5. The zero-order valence-corrected chi connectivity index (χ0v) is 25.1. The fourth-order valence-electron chi connectivity index (χ4n) is 4.58. The number of phenols is 1. The zero-order chi connectivity index (χ0) is 33.3. The summed E-state index contributed by atoms with van der Waals surface area (Å²) >= 11 is 0. The Labute approximate surface area is 258 Å². The van der Waals surface area contributed by atoms with E-state index >= 15 is 0 Å². The lowest BCUT2D eigenvalue weighted by Gasteiger charge is -2.29. The number of para-hydroxylation sites is 2. The molecule has 0 spiro atoms. The second-order valence-electron chi connectivity index (χ2n) is 9.55. The molecule has 13 heteroatoms. The monoisotopic (exact) mass is 617 g/mol. The van der Waals surface area contributed by atoms with Crippen molar-refractivity contribution in [1.82, 2.24) is 5.32 Å². The lowest BCUT2D eigenvalue weighted by Crippen LogP contribution is -2.32. The van der Waals surface area contributed by atoms with Crippen LogP contribution in [0.15, 0.2) is 95.3 Å². The summed E-state index contributed by atoms with van der Waals surface area (Å²) in [7, 11) is 2.42. The molecule has 3 N–H and O–H groups in total. The molecule has 0 atom stereocenters. The first-order chi connectivity index (χ1) is 21.4. The van der Waals surface area contributed by atoms with Crippen LogP contribution in [-0.2, 0) is 23.9 Å². The standard InChI is InChI=1S/C17H18N2O6.C15H13NO4/c1-9-13(16(20)24-3)15(14(10(2)18-9)17(21)25-4)11-7-5-6-8-12(11)19(22)23;1-10(17)16-11-6-8-12(9-7-11)20-15(19)13-4-2-3-5-14(13)18/h5-8,15,18H,1-4H3;2-9,18H,1H3,(H,16,17). The first-order valence-electron chi connectivity index (χ1n) is 13.4. The van der Waals surface area contributed by atoms with Crippen molar-refractivity contribution in [2.45, 2.75) is 26.7 Å². The molecule has 0 unspecified atom stereocenters. The number of rotatable bonds is 7. The lowest BCUT2D eigenvalue weighted by atomic mass is 9.79. The van der Waals surface area contributed by atoms with E-state index in [1.54, 1.807) is 56.3 Å². The minimum atomic E-state index is -0.970. The van der Waals surface area contributed by atoms with Gasteiger partial charge in [-0.3, -0.25) is 14.9 Å². The molecule has 0 bridgehead atoms. The van der Waals surface area contributed by atoms with Crippen LogP contribution in [0.2, 0.25) is 0 Å². The molecular weight excluding hydrogens is 586 g/mol. The number of ether oxygens (including phenoxy) is 3. The van der Waals surface area contributed by atoms with Crippen LogP contribution < -0.4 is 15.4 Å². The van der Waals surface area contributed by atoms with Crippen molar-refractivity contribution in [2.24, 2.45) is 0 Å². The number of nitrogens with one attached hydrogen (secondary N) is 2. The van der Waals surface area contributed by atoms with Crippen LogP contribution in [0.5, 0.6) is 11.5 Å². The zero-order valence-electron chi connectivity index (χ0n) is 25.1. The van der Waals surface area contributed by atoms with Crippen molar-refractivity contribution < 1.29 is 43.4 Å². The van der Waals surface area contributed by atoms with Gasteiger partial charge in [-0.2, -0.15) is 0 Å². The summed E-state index contributed by atoms with van der Waals surface area (Å²) in [6.07, 6.45) is 0. The van der Waals surface area contributed by atoms with E-state index in [1.807, 2.05) is 0 Å². The number of hydrogen-bond donors (Lipinski definition) is 3. The van der Waals surface area contributed by atoms with Gasteiger partial charge in [0.15, 0.2) is 0 Å². The number of anilines is 1. The maximum absolute atomic E-state index is 12.3. The Kier molecular flexibility index (Phi) is 11.1. The van der Waals surface area contributed by atoms with Gasteiger partial charge in [-0.05, 0) is 50.2 Å². The topological polar surface area (TPSA) is 183 Å². The minimum Gasteiger partial charge on any atom is -0.507 e. The van der Waals surface area contributed by atoms with Crippen LogP contribution in [0, 0.1) is 10.1 Å². The summed E-state index contributed by atoms with van der Waals surface area (Å²) in [5, 5.41) is 26.6. The molecule has 0 aromatic heterocycles. The number of nitro groups is 1. The molecule has 0 radical (unpaired) electrons. The molecule has 0 saturated heterocycles. The average Bonchev–Trinajstić information content (AvgIpc) is 3.01. The first-order valence-corrected chi connectivity index (χ1v) is 13.4. The molecule has 0 saturated carbocycles. The highest BCUT2D eigenvalue weighted by Gasteiger charge is 2.40. The smallest absolute Gasteiger partial charge is 0.347 e. The van der Waals surface area contributed by atoms with Crippen LogP contribution in [0.4, 0.5) is 11.4 Å². The Hall–Kier alpha value is -5.98. The number of dihydropyridines is 1. The summed E-state index contributed by atoms with van der Waals surface area (Å²) in [4.78, 5) is 58.3. The summed E-state index contributed by atoms with van der Waals surface area (Å²) in [6, 6.07) is 18.5. The van der Waals surface area contributed by atoms with E-state index in [0.717, 1.165) is 0 Å². The van der Waals surface area contributed by atoms with Gasteiger partial charge in [-0.1, -0.05) is 30.3 Å². The summed E-state index contributed by atoms with van der Waals surface area (Å²) in [5.74, 6) is -2.95. The van der Waals surface area contributed by atoms with E-state index in [-0.39, 0.29) is 39.6 Å². The van der Waals surface area contributed by atoms with Gasteiger partial charge >= 0.3 is 17.9 Å². The molecule has 1 amide bonds. The summed E-state index contributed by atoms with van der Waals surface area (Å²) in [5.41, 5.74) is 1.90. The van der Waals surface area contributed by atoms with Crippen molar-refractivity contribution in [2.75, 3.05) is 19.5 Å². The van der Waals surface area contributed by atoms with E-state index < -0.39 is 28.7 Å². The third kappa shape index (κ3) is 8.10. The second-order valence-corrected chi connectivity index (χ2v) is 9.55. The summed E-state index contributed by atoms with van der Waals surface area (Å²) < 4.78 is 14.8. The number of hydrogen-bond acceptors (Lipinski definition) is 11. The molecule has 0 fully saturated rings. The number of carbonyl (C=O) groups excluding carboxylic acids is 4. The number of methoxy groups -OCH3 is 2. The van der Waals surface area contributed by atoms with Crippen LogP contribution in [0.1, 0.15) is 42.6 Å². The fourth-order valence-corrected chi connectivity index (χ4v) is 4.58. The quantitative estimate of drug-likeness (QED) is 0.144. The van der Waals surface area contributed by atoms with Gasteiger partial charge < -0.3 is 30.0 Å². The second kappa shape index (κ2) is 15.0. The molecule has 1 aliphatic rings. The fraction of sp³-hybridized carbons (Fsp3) is 0.188. The normalized spacial score (nSPS) is 12.6. The van der Waals surface area contributed by atoms with E-state index in [1.165, 1.54) is 51.5 Å². The van der Waals surface area contributed by atoms with Crippen molar-refractivity contribution in [3.8, 4) is 11.5 Å². The van der Waals surface area contributed by atoms with Crippen molar-refractivity contribution in [3.05, 3.63) is 117 Å². The predicted octanol–water partition coefficient (Wildman–Crippen LogP) is 4.75. The Bertz CT molecular complexity index is 1660. The van der Waals surface area contributed by atoms with E-state index in [0.29, 0.717) is 22.8 Å². The molecule has 0 aliphatic carbocycles. The molecular formula is C32H31N3O10. The molecule has 3 aromatic rings. The van der Waals surface area contributed by atoms with E-state index in [4.69, 9.17) is 14.2 Å². The molecule has 3 aromatic carbocycles. The molecule has 1 aliphatic heterocycles. The predicted molar refractivity (Wildman–Crippen MR) is 162 cm³/mol. The van der Waals surface area contributed by atoms with Gasteiger partial charge in [0.2, 0.25) is 5.91 Å². The highest BCUT2D eigenvalue weighted by atomic mass is 16.6. The van der Waals surface area contributed by atoms with Crippen molar-refractivity contribution >= 4 is 35.2 Å². The van der Waals surface area contributed by atoms with Gasteiger partial charge in [0.25, 0.3) is 5.69 Å². The number of carbonyl (C=O) groups is 4. The highest BCUT2D eigenvalue weighted by molar-refractivity contribution is 6.00. The molecule has 4 rings (SSSR count). The van der Waals surface area contributed by atoms with Crippen LogP contribution in [0.25, 0.3) is 0 Å². The lowest BCUT2D eigenvalue weighted by molar-refractivity contribution is -0.385. The third-order valence-corrected chi connectivity index (χ3v) is 6.52. The molecule has 1 heterocycles. The number of allylic oxidation sites excluding steroid dienone is 2. The van der Waals surface area contributed by atoms with E-state index in [2.05, 4.69) is 10.6 Å². The molecule has 45 heavy (non-hydrogen) atoms. The largest absolute Gasteiger partial charge is 0.507 e. The third-order valence-electron chi connectivity index (χ3n) is 6.52. The molecule has 13 nitrogen and oxygen atoms in total. The Morgan fingerprint density at radius 1 is 0.822 bits per heavy atom. The Balaban J connectivity index is 0.000000251. The summed E-state index contributed by atoms with van der Waals surface area (Å²) in [6.45, 7) is 4.70. The minimum absolute atomic E-state index is 0.0958. The number of phenolic OH excluding ortho intramolecular Hbond substituents is 1. The Morgan fingerprint density at radius 2 is 1.36 bits per heavy atom. The van der Waals surface area contributed by atoms with Gasteiger partial charge in [0.05, 0.1) is 36.2 Å². The van der Waals surface area contributed by atoms with Crippen molar-refractivity contribution in [3.63, 3.8) is 0 Å². The number of nitro benzene ring substituents is 1. The maximum Gasteiger partial charge on any atom is 0.347 e. The molecule has 234 valence electrons. The Morgan fingerprint density at radius 3 is 1.87 bits per heavy atom. The SMILES string of the molecule is CC(=O)Nc1ccc(OC(=O)c2ccccc2O)cc1.COC(=O)C1=C(C)NC(C)=C(C(=O)OC)C1c1ccccc1[N+](=O)[O-]. The number of amides is 1. The number of benzene rings is 3. The highest BCUT2D eigenvalue weighted by Crippen LogP contribution is 2.42. The number of aromatic hydroxyl groups is 1. The van der Waals surface area contributed by atoms with Crippen LogP contribution >= 0.6 is 0 Å². The van der Waals surface area contributed by atoms with Crippen LogP contribution in [-0.4, -0.2) is 48.1 Å². The van der Waals surface area contributed by atoms with Gasteiger partial charge in [-0.25, -0.2) is 14.4 Å².